The molecule has 0 aliphatic carbocycles. The maximum atomic E-state index is 13.9. The number of piperidine rings is 1. The number of aromatic nitrogens is 2. The molecule has 0 bridgehead atoms. The molecule has 11 heteroatoms. The van der Waals surface area contributed by atoms with Crippen LogP contribution in [0.25, 0.3) is 0 Å². The Kier molecular flexibility index (Phi) is 8.13. The summed E-state index contributed by atoms with van der Waals surface area (Å²) in [6, 6.07) is 16.3. The molecule has 1 aliphatic heterocycles. The van der Waals surface area contributed by atoms with Crippen LogP contribution in [0.2, 0.25) is 0 Å². The zero-order chi connectivity index (χ0) is 27.3. The molecule has 0 saturated carbocycles. The molecule has 200 valence electrons. The van der Waals surface area contributed by atoms with Crippen LogP contribution in [0, 0.1) is 0 Å². The molecule has 0 radical (unpaired) electrons. The van der Waals surface area contributed by atoms with E-state index in [1.807, 2.05) is 12.1 Å². The van der Waals surface area contributed by atoms with Crippen molar-refractivity contribution in [3.8, 4) is 0 Å². The summed E-state index contributed by atoms with van der Waals surface area (Å²) in [5.41, 5.74) is 6.48. The summed E-state index contributed by atoms with van der Waals surface area (Å²) in [7, 11) is 0. The van der Waals surface area contributed by atoms with E-state index in [1.54, 1.807) is 42.5 Å². The monoisotopic (exact) mass is 527 g/mol. The number of carboxylic acid groups (broad SMARTS) is 1. The van der Waals surface area contributed by atoms with Crippen LogP contribution in [-0.4, -0.2) is 45.1 Å². The molecule has 2 aromatic carbocycles. The molecule has 1 unspecified atom stereocenters. The van der Waals surface area contributed by atoms with Crippen molar-refractivity contribution < 1.29 is 27.9 Å². The molecular weight excluding hydrogens is 499 g/mol. The van der Waals surface area contributed by atoms with Gasteiger partial charge in [-0.2, -0.15) is 13.2 Å². The van der Waals surface area contributed by atoms with Gasteiger partial charge in [-0.05, 0) is 48.4 Å². The van der Waals surface area contributed by atoms with Gasteiger partial charge in [0.05, 0.1) is 11.3 Å². The molecular formula is C27H28F3N5O3. The minimum Gasteiger partial charge on any atom is -0.465 e. The number of carbonyl (C=O) groups excluding carboxylic acids is 1. The highest BCUT2D eigenvalue weighted by Crippen LogP contribution is 2.37. The van der Waals surface area contributed by atoms with Gasteiger partial charge in [0, 0.05) is 37.3 Å². The first-order valence-electron chi connectivity index (χ1n) is 12.2. The maximum absolute atomic E-state index is 13.9. The third-order valence-corrected chi connectivity index (χ3v) is 6.69. The van der Waals surface area contributed by atoms with Crippen molar-refractivity contribution in [3.63, 3.8) is 0 Å². The van der Waals surface area contributed by atoms with Crippen molar-refractivity contribution in [2.75, 3.05) is 18.4 Å². The molecule has 4 N–H and O–H groups in total. The predicted molar refractivity (Wildman–Crippen MR) is 135 cm³/mol. The topological polar surface area (TPSA) is 121 Å². The Morgan fingerprint density at radius 3 is 2.32 bits per heavy atom. The van der Waals surface area contributed by atoms with Gasteiger partial charge >= 0.3 is 12.3 Å². The summed E-state index contributed by atoms with van der Waals surface area (Å²) in [6.45, 7) is 0.940. The number of benzene rings is 2. The average molecular weight is 528 g/mol. The fourth-order valence-electron chi connectivity index (χ4n) is 4.76. The Hall–Kier alpha value is -4.15. The second kappa shape index (κ2) is 11.5. The minimum atomic E-state index is -4.71. The SMILES string of the molecule is NC(=O)CC(Cc1ccccc1)c1nc(Nc2ccc(C3CCN(C(=O)O)CC3)cc2)ncc1C(F)(F)F. The Labute approximate surface area is 217 Å². The number of alkyl halides is 3. The standard InChI is InChI=1S/C27H28F3N5O3/c28-27(29,30)22-16-32-25(34-24(22)20(15-23(31)36)14-17-4-2-1-3-5-17)33-21-8-6-18(7-9-21)19-10-12-35(13-11-19)26(37)38/h1-9,16,19-20H,10-15H2,(H2,31,36)(H,37,38)(H,32,33,34). The van der Waals surface area contributed by atoms with Gasteiger partial charge in [0.1, 0.15) is 0 Å². The molecule has 8 nitrogen and oxygen atoms in total. The lowest BCUT2D eigenvalue weighted by molar-refractivity contribution is -0.139. The number of hydrogen-bond acceptors (Lipinski definition) is 5. The Morgan fingerprint density at radius 1 is 1.08 bits per heavy atom. The van der Waals surface area contributed by atoms with E-state index in [4.69, 9.17) is 10.8 Å². The van der Waals surface area contributed by atoms with Gasteiger partial charge in [0.2, 0.25) is 11.9 Å². The molecule has 2 amide bonds. The molecule has 3 aromatic rings. The zero-order valence-corrected chi connectivity index (χ0v) is 20.5. The minimum absolute atomic E-state index is 0.0296. The molecule has 4 rings (SSSR count). The van der Waals surface area contributed by atoms with Crippen LogP contribution in [0.3, 0.4) is 0 Å². The first kappa shape index (κ1) is 26.9. The van der Waals surface area contributed by atoms with Crippen LogP contribution in [0.15, 0.2) is 60.8 Å². The van der Waals surface area contributed by atoms with E-state index in [-0.39, 0.29) is 30.4 Å². The van der Waals surface area contributed by atoms with E-state index >= 15 is 0 Å². The van der Waals surface area contributed by atoms with Gasteiger partial charge in [-0.15, -0.1) is 0 Å². The van der Waals surface area contributed by atoms with Crippen molar-refractivity contribution in [1.29, 1.82) is 0 Å². The Morgan fingerprint density at radius 2 is 1.74 bits per heavy atom. The van der Waals surface area contributed by atoms with Gasteiger partial charge in [-0.25, -0.2) is 14.8 Å². The molecule has 2 heterocycles. The molecule has 38 heavy (non-hydrogen) atoms. The van der Waals surface area contributed by atoms with Crippen LogP contribution >= 0.6 is 0 Å². The number of primary amides is 1. The van der Waals surface area contributed by atoms with Gasteiger partial charge in [0.25, 0.3) is 0 Å². The van der Waals surface area contributed by atoms with Gasteiger partial charge in [-0.1, -0.05) is 42.5 Å². The lowest BCUT2D eigenvalue weighted by Crippen LogP contribution is -2.36. The number of carbonyl (C=O) groups is 2. The normalized spacial score (nSPS) is 15.2. The highest BCUT2D eigenvalue weighted by Gasteiger charge is 2.37. The van der Waals surface area contributed by atoms with Crippen molar-refractivity contribution in [2.24, 2.45) is 5.73 Å². The van der Waals surface area contributed by atoms with Gasteiger partial charge in [0.15, 0.2) is 0 Å². The van der Waals surface area contributed by atoms with Crippen LogP contribution in [0.1, 0.15) is 53.5 Å². The van der Waals surface area contributed by atoms with Crippen LogP contribution in [0.4, 0.5) is 29.6 Å². The molecule has 1 saturated heterocycles. The van der Waals surface area contributed by atoms with Crippen LogP contribution < -0.4 is 11.1 Å². The fourth-order valence-corrected chi connectivity index (χ4v) is 4.76. The van der Waals surface area contributed by atoms with Gasteiger partial charge in [-0.3, -0.25) is 4.79 Å². The number of nitrogens with two attached hydrogens (primary N) is 1. The van der Waals surface area contributed by atoms with E-state index in [0.29, 0.717) is 31.6 Å². The summed E-state index contributed by atoms with van der Waals surface area (Å²) >= 11 is 0. The number of nitrogens with zero attached hydrogens (tertiary/aromatic N) is 3. The molecule has 1 aromatic heterocycles. The lowest BCUT2D eigenvalue weighted by Gasteiger charge is -2.30. The van der Waals surface area contributed by atoms with Crippen LogP contribution in [-0.2, 0) is 17.4 Å². The highest BCUT2D eigenvalue weighted by atomic mass is 19.4. The van der Waals surface area contributed by atoms with Crippen molar-refractivity contribution >= 4 is 23.6 Å². The van der Waals surface area contributed by atoms with Crippen LogP contribution in [0.5, 0.6) is 0 Å². The maximum Gasteiger partial charge on any atom is 0.419 e. The average Bonchev–Trinajstić information content (AvgIpc) is 2.88. The van der Waals surface area contributed by atoms with Gasteiger partial charge < -0.3 is 21.1 Å². The molecule has 1 aliphatic rings. The highest BCUT2D eigenvalue weighted by molar-refractivity contribution is 5.75. The summed E-state index contributed by atoms with van der Waals surface area (Å²) in [6.07, 6.45) is -3.62. The predicted octanol–water partition coefficient (Wildman–Crippen LogP) is 5.30. The largest absolute Gasteiger partial charge is 0.465 e. The quantitative estimate of drug-likeness (QED) is 0.366. The van der Waals surface area contributed by atoms with Crippen molar-refractivity contribution in [1.82, 2.24) is 14.9 Å². The smallest absolute Gasteiger partial charge is 0.419 e. The number of anilines is 2. The number of nitrogens with one attached hydrogen (secondary N) is 1. The molecule has 1 fully saturated rings. The number of amides is 2. The number of rotatable bonds is 8. The zero-order valence-electron chi connectivity index (χ0n) is 20.5. The summed E-state index contributed by atoms with van der Waals surface area (Å²) in [5.74, 6) is -1.43. The third-order valence-electron chi connectivity index (χ3n) is 6.69. The van der Waals surface area contributed by atoms with E-state index in [0.717, 1.165) is 17.3 Å². The van der Waals surface area contributed by atoms with E-state index < -0.39 is 29.7 Å². The summed E-state index contributed by atoms with van der Waals surface area (Å²) in [5, 5.41) is 12.1. The Balaban J connectivity index is 1.56. The number of hydrogen-bond donors (Lipinski definition) is 3. The second-order valence-electron chi connectivity index (χ2n) is 9.34. The first-order chi connectivity index (χ1) is 18.1. The van der Waals surface area contributed by atoms with Crippen molar-refractivity contribution in [2.45, 2.75) is 43.7 Å². The molecule has 0 spiro atoms. The fraction of sp³-hybridized carbons (Fsp3) is 0.333. The first-order valence-corrected chi connectivity index (χ1v) is 12.2. The number of likely N-dealkylation sites (tertiary alicyclic amines) is 1. The van der Waals surface area contributed by atoms with E-state index in [2.05, 4.69) is 15.3 Å². The number of halogens is 3. The van der Waals surface area contributed by atoms with Crippen molar-refractivity contribution in [3.05, 3.63) is 83.2 Å². The lowest BCUT2D eigenvalue weighted by atomic mass is 9.89. The second-order valence-corrected chi connectivity index (χ2v) is 9.34. The Bertz CT molecular complexity index is 1260. The van der Waals surface area contributed by atoms with E-state index in [9.17, 15) is 22.8 Å². The third kappa shape index (κ3) is 6.78. The molecule has 1 atom stereocenters. The van der Waals surface area contributed by atoms with E-state index in [1.165, 1.54) is 4.90 Å². The summed E-state index contributed by atoms with van der Waals surface area (Å²) in [4.78, 5) is 32.4. The summed E-state index contributed by atoms with van der Waals surface area (Å²) < 4.78 is 41.6.